The summed E-state index contributed by atoms with van der Waals surface area (Å²) in [5, 5.41) is 9.01. The van der Waals surface area contributed by atoms with Crippen LogP contribution in [0, 0.1) is 0 Å². The van der Waals surface area contributed by atoms with Crippen LogP contribution in [0.15, 0.2) is 16.6 Å². The van der Waals surface area contributed by atoms with Crippen LogP contribution in [0.3, 0.4) is 0 Å². The molecule has 0 unspecified atom stereocenters. The first-order valence-electron chi connectivity index (χ1n) is 6.24. The van der Waals surface area contributed by atoms with E-state index in [9.17, 15) is 13.2 Å². The first-order chi connectivity index (χ1) is 9.74. The minimum atomic E-state index is -3.03. The normalized spacial score (nSPS) is 11.2. The van der Waals surface area contributed by atoms with E-state index in [-0.39, 0.29) is 17.9 Å². The van der Waals surface area contributed by atoms with Crippen LogP contribution < -0.4 is 9.47 Å². The van der Waals surface area contributed by atoms with Crippen LogP contribution in [-0.2, 0) is 9.84 Å². The van der Waals surface area contributed by atoms with Crippen molar-refractivity contribution in [3.05, 3.63) is 22.2 Å². The SMILES string of the molecule is CCOc1cc(C(=O)O)cc(Br)c1OCCCS(C)(=O)=O. The van der Waals surface area contributed by atoms with E-state index in [0.29, 0.717) is 29.0 Å². The molecule has 1 rings (SSSR count). The smallest absolute Gasteiger partial charge is 0.335 e. The molecule has 1 N–H and O–H groups in total. The Balaban J connectivity index is 2.87. The van der Waals surface area contributed by atoms with Gasteiger partial charge in [0.1, 0.15) is 9.84 Å². The average molecular weight is 381 g/mol. The summed E-state index contributed by atoms with van der Waals surface area (Å²) in [5.41, 5.74) is 0.0776. The maximum Gasteiger partial charge on any atom is 0.335 e. The Kier molecular flexibility index (Phi) is 6.47. The Bertz CT molecular complexity index is 611. The molecule has 1 aromatic rings. The van der Waals surface area contributed by atoms with Crippen molar-refractivity contribution in [2.45, 2.75) is 13.3 Å². The molecule has 0 aromatic heterocycles. The molecule has 6 nitrogen and oxygen atoms in total. The maximum absolute atomic E-state index is 11.0. The van der Waals surface area contributed by atoms with Gasteiger partial charge >= 0.3 is 5.97 Å². The molecular weight excluding hydrogens is 364 g/mol. The van der Waals surface area contributed by atoms with Crippen LogP contribution in [0.1, 0.15) is 23.7 Å². The molecule has 0 heterocycles. The maximum atomic E-state index is 11.0. The summed E-state index contributed by atoms with van der Waals surface area (Å²) in [5.74, 6) is -0.360. The molecule has 0 radical (unpaired) electrons. The van der Waals surface area contributed by atoms with E-state index in [1.54, 1.807) is 6.92 Å². The Morgan fingerprint density at radius 3 is 2.52 bits per heavy atom. The van der Waals surface area contributed by atoms with Gasteiger partial charge in [-0.1, -0.05) is 0 Å². The summed E-state index contributed by atoms with van der Waals surface area (Å²) in [7, 11) is -3.03. The summed E-state index contributed by atoms with van der Waals surface area (Å²) in [6.45, 7) is 2.32. The zero-order valence-corrected chi connectivity index (χ0v) is 14.2. The monoisotopic (exact) mass is 380 g/mol. The largest absolute Gasteiger partial charge is 0.490 e. The Morgan fingerprint density at radius 2 is 2.00 bits per heavy atom. The van der Waals surface area contributed by atoms with Gasteiger partial charge in [0.05, 0.1) is 29.0 Å². The van der Waals surface area contributed by atoms with Gasteiger partial charge in [0.15, 0.2) is 11.5 Å². The minimum absolute atomic E-state index is 0.0296. The van der Waals surface area contributed by atoms with Gasteiger partial charge in [0.25, 0.3) is 0 Å². The van der Waals surface area contributed by atoms with Crippen LogP contribution >= 0.6 is 15.9 Å². The van der Waals surface area contributed by atoms with Crippen molar-refractivity contribution >= 4 is 31.7 Å². The third-order valence-corrected chi connectivity index (χ3v) is 4.08. The highest BCUT2D eigenvalue weighted by molar-refractivity contribution is 9.10. The number of hydrogen-bond donors (Lipinski definition) is 1. The van der Waals surface area contributed by atoms with Crippen LogP contribution in [0.5, 0.6) is 11.5 Å². The molecular formula is C13H17BrO6S. The highest BCUT2D eigenvalue weighted by Gasteiger charge is 2.15. The molecule has 1 aromatic carbocycles. The van der Waals surface area contributed by atoms with Crippen molar-refractivity contribution in [3.63, 3.8) is 0 Å². The molecule has 0 aliphatic heterocycles. The van der Waals surface area contributed by atoms with Gasteiger partial charge < -0.3 is 14.6 Å². The fourth-order valence-corrected chi connectivity index (χ4v) is 2.79. The molecule has 0 spiro atoms. The summed E-state index contributed by atoms with van der Waals surface area (Å²) in [6, 6.07) is 2.79. The third-order valence-electron chi connectivity index (χ3n) is 2.46. The number of halogens is 1. The Hall–Kier alpha value is -1.28. The molecule has 0 bridgehead atoms. The predicted octanol–water partition coefficient (Wildman–Crippen LogP) is 2.36. The lowest BCUT2D eigenvalue weighted by molar-refractivity contribution is 0.0696. The number of benzene rings is 1. The molecule has 21 heavy (non-hydrogen) atoms. The number of ether oxygens (including phenoxy) is 2. The highest BCUT2D eigenvalue weighted by atomic mass is 79.9. The Morgan fingerprint density at radius 1 is 1.33 bits per heavy atom. The molecule has 0 amide bonds. The van der Waals surface area contributed by atoms with E-state index < -0.39 is 15.8 Å². The fourth-order valence-electron chi connectivity index (χ4n) is 1.59. The second-order valence-electron chi connectivity index (χ2n) is 4.36. The van der Waals surface area contributed by atoms with Crippen molar-refractivity contribution < 1.29 is 27.8 Å². The van der Waals surface area contributed by atoms with Crippen molar-refractivity contribution in [3.8, 4) is 11.5 Å². The summed E-state index contributed by atoms with van der Waals surface area (Å²) >= 11 is 3.24. The molecule has 0 fully saturated rings. The van der Waals surface area contributed by atoms with Gasteiger partial charge in [-0.05, 0) is 41.4 Å². The van der Waals surface area contributed by atoms with E-state index in [1.165, 1.54) is 12.1 Å². The second-order valence-corrected chi connectivity index (χ2v) is 7.47. The highest BCUT2D eigenvalue weighted by Crippen LogP contribution is 2.37. The van der Waals surface area contributed by atoms with E-state index >= 15 is 0 Å². The van der Waals surface area contributed by atoms with Gasteiger partial charge in [0.2, 0.25) is 0 Å². The van der Waals surface area contributed by atoms with Crippen molar-refractivity contribution in [1.29, 1.82) is 0 Å². The zero-order chi connectivity index (χ0) is 16.0. The van der Waals surface area contributed by atoms with Crippen LogP contribution in [0.4, 0.5) is 0 Å². The first kappa shape index (κ1) is 17.8. The lowest BCUT2D eigenvalue weighted by Crippen LogP contribution is -2.09. The minimum Gasteiger partial charge on any atom is -0.490 e. The van der Waals surface area contributed by atoms with Crippen LogP contribution in [0.25, 0.3) is 0 Å². The summed E-state index contributed by atoms with van der Waals surface area (Å²) in [6.07, 6.45) is 1.51. The number of carboxylic acids is 1. The van der Waals surface area contributed by atoms with E-state index in [0.717, 1.165) is 6.26 Å². The lowest BCUT2D eigenvalue weighted by Gasteiger charge is -2.14. The number of aromatic carboxylic acids is 1. The number of carbonyl (C=O) groups is 1. The summed E-state index contributed by atoms with van der Waals surface area (Å²) < 4.78 is 33.4. The van der Waals surface area contributed by atoms with Gasteiger partial charge in [-0.25, -0.2) is 13.2 Å². The van der Waals surface area contributed by atoms with E-state index in [4.69, 9.17) is 14.6 Å². The third kappa shape index (κ3) is 5.92. The zero-order valence-electron chi connectivity index (χ0n) is 11.8. The van der Waals surface area contributed by atoms with Gasteiger partial charge in [-0.3, -0.25) is 0 Å². The molecule has 118 valence electrons. The van der Waals surface area contributed by atoms with Gasteiger partial charge in [0, 0.05) is 6.26 Å². The van der Waals surface area contributed by atoms with Crippen molar-refractivity contribution in [2.24, 2.45) is 0 Å². The lowest BCUT2D eigenvalue weighted by atomic mass is 10.2. The van der Waals surface area contributed by atoms with Gasteiger partial charge in [-0.15, -0.1) is 0 Å². The number of sulfone groups is 1. The Labute approximate surface area is 132 Å². The van der Waals surface area contributed by atoms with Crippen LogP contribution in [-0.4, -0.2) is 44.7 Å². The van der Waals surface area contributed by atoms with Crippen LogP contribution in [0.2, 0.25) is 0 Å². The molecule has 0 atom stereocenters. The molecule has 0 aliphatic carbocycles. The molecule has 0 saturated carbocycles. The molecule has 8 heteroatoms. The first-order valence-corrected chi connectivity index (χ1v) is 9.10. The van der Waals surface area contributed by atoms with Crippen molar-refractivity contribution in [2.75, 3.05) is 25.2 Å². The van der Waals surface area contributed by atoms with E-state index in [1.807, 2.05) is 0 Å². The average Bonchev–Trinajstić information content (AvgIpc) is 2.35. The number of hydrogen-bond acceptors (Lipinski definition) is 5. The number of carboxylic acid groups (broad SMARTS) is 1. The van der Waals surface area contributed by atoms with E-state index in [2.05, 4.69) is 15.9 Å². The second kappa shape index (κ2) is 7.65. The fraction of sp³-hybridized carbons (Fsp3) is 0.462. The van der Waals surface area contributed by atoms with Crippen molar-refractivity contribution in [1.82, 2.24) is 0 Å². The molecule has 0 aliphatic rings. The quantitative estimate of drug-likeness (QED) is 0.696. The predicted molar refractivity (Wildman–Crippen MR) is 82.1 cm³/mol. The van der Waals surface area contributed by atoms with Gasteiger partial charge in [-0.2, -0.15) is 0 Å². The molecule has 0 saturated heterocycles. The standard InChI is InChI=1S/C13H17BrO6S/c1-3-19-11-8-9(13(15)16)7-10(14)12(11)20-5-4-6-21(2,17)18/h7-8H,3-6H2,1-2H3,(H,15,16). The topological polar surface area (TPSA) is 89.9 Å². The summed E-state index contributed by atoms with van der Waals surface area (Å²) in [4.78, 5) is 11.0. The number of rotatable bonds is 8.